The molecule has 134 valence electrons. The molecule has 0 saturated carbocycles. The van der Waals surface area contributed by atoms with Crippen LogP contribution in [0.2, 0.25) is 0 Å². The molecule has 2 N–H and O–H groups in total. The summed E-state index contributed by atoms with van der Waals surface area (Å²) in [5.41, 5.74) is 2.15. The van der Waals surface area contributed by atoms with Crippen LogP contribution >= 0.6 is 34.8 Å². The SMILES string of the molecule is Cc1ccccc1C(=O)NC(Nc1cccc2ccccc12)C(Cl)(Cl)Cl. The van der Waals surface area contributed by atoms with Gasteiger partial charge in [-0.2, -0.15) is 0 Å². The Bertz CT molecular complexity index is 932. The van der Waals surface area contributed by atoms with Crippen molar-refractivity contribution >= 4 is 57.2 Å². The first-order chi connectivity index (χ1) is 12.4. The van der Waals surface area contributed by atoms with Crippen LogP contribution in [0.4, 0.5) is 5.69 Å². The fourth-order valence-electron chi connectivity index (χ4n) is 2.74. The first-order valence-electron chi connectivity index (χ1n) is 8.04. The number of nitrogens with one attached hydrogen (secondary N) is 2. The first-order valence-corrected chi connectivity index (χ1v) is 9.17. The molecule has 0 bridgehead atoms. The highest BCUT2D eigenvalue weighted by atomic mass is 35.6. The van der Waals surface area contributed by atoms with Gasteiger partial charge < -0.3 is 10.6 Å². The number of amides is 1. The summed E-state index contributed by atoms with van der Waals surface area (Å²) in [4.78, 5) is 12.6. The second kappa shape index (κ2) is 7.75. The molecule has 6 heteroatoms. The standard InChI is InChI=1S/C20H17Cl3N2O/c1-13-7-2-4-10-15(13)18(26)25-19(20(21,22)23)24-17-12-6-9-14-8-3-5-11-16(14)17/h2-12,19,24H,1H3,(H,25,26). The number of benzene rings is 3. The van der Waals surface area contributed by atoms with Crippen LogP contribution < -0.4 is 10.6 Å². The number of halogens is 3. The molecule has 0 spiro atoms. The van der Waals surface area contributed by atoms with Gasteiger partial charge in [0, 0.05) is 16.6 Å². The number of alkyl halides is 3. The maximum atomic E-state index is 12.6. The minimum absolute atomic E-state index is 0.313. The monoisotopic (exact) mass is 406 g/mol. The van der Waals surface area contributed by atoms with Crippen molar-refractivity contribution in [2.24, 2.45) is 0 Å². The topological polar surface area (TPSA) is 41.1 Å². The summed E-state index contributed by atoms with van der Waals surface area (Å²) in [5.74, 6) is -0.313. The number of anilines is 1. The van der Waals surface area contributed by atoms with Crippen molar-refractivity contribution in [2.75, 3.05) is 5.32 Å². The molecule has 0 heterocycles. The average molecular weight is 408 g/mol. The molecule has 0 aliphatic heterocycles. The summed E-state index contributed by atoms with van der Waals surface area (Å²) in [7, 11) is 0. The highest BCUT2D eigenvalue weighted by Gasteiger charge is 2.34. The lowest BCUT2D eigenvalue weighted by Crippen LogP contribution is -2.49. The molecule has 0 aliphatic carbocycles. The fraction of sp³-hybridized carbons (Fsp3) is 0.150. The number of aryl methyl sites for hydroxylation is 1. The quantitative estimate of drug-likeness (QED) is 0.431. The molecule has 0 aliphatic rings. The van der Waals surface area contributed by atoms with Crippen molar-refractivity contribution < 1.29 is 4.79 Å². The highest BCUT2D eigenvalue weighted by Crippen LogP contribution is 2.33. The van der Waals surface area contributed by atoms with Crippen molar-refractivity contribution in [1.29, 1.82) is 0 Å². The van der Waals surface area contributed by atoms with Crippen molar-refractivity contribution in [3.8, 4) is 0 Å². The lowest BCUT2D eigenvalue weighted by atomic mass is 10.1. The van der Waals surface area contributed by atoms with Crippen molar-refractivity contribution in [1.82, 2.24) is 5.32 Å². The van der Waals surface area contributed by atoms with E-state index in [1.165, 1.54) is 0 Å². The van der Waals surface area contributed by atoms with Gasteiger partial charge in [-0.15, -0.1) is 0 Å². The molecular weight excluding hydrogens is 391 g/mol. The molecule has 1 amide bonds. The van der Waals surface area contributed by atoms with Gasteiger partial charge >= 0.3 is 0 Å². The zero-order valence-electron chi connectivity index (χ0n) is 14.0. The van der Waals surface area contributed by atoms with E-state index in [9.17, 15) is 4.79 Å². The molecule has 1 atom stereocenters. The van der Waals surface area contributed by atoms with Gasteiger partial charge in [-0.1, -0.05) is 89.4 Å². The molecule has 3 aromatic rings. The number of hydrogen-bond acceptors (Lipinski definition) is 2. The van der Waals surface area contributed by atoms with E-state index in [2.05, 4.69) is 10.6 Å². The summed E-state index contributed by atoms with van der Waals surface area (Å²) in [6, 6.07) is 20.9. The van der Waals surface area contributed by atoms with Crippen LogP contribution in [0.25, 0.3) is 10.8 Å². The van der Waals surface area contributed by atoms with E-state index in [-0.39, 0.29) is 5.91 Å². The third kappa shape index (κ3) is 4.24. The Hall–Kier alpha value is -1.94. The van der Waals surface area contributed by atoms with E-state index in [4.69, 9.17) is 34.8 Å². The van der Waals surface area contributed by atoms with Gasteiger partial charge in [0.05, 0.1) is 0 Å². The predicted molar refractivity (Wildman–Crippen MR) is 110 cm³/mol. The summed E-state index contributed by atoms with van der Waals surface area (Å²) in [6.07, 6.45) is -0.912. The number of rotatable bonds is 4. The first kappa shape index (κ1) is 18.8. The van der Waals surface area contributed by atoms with Gasteiger partial charge in [-0.3, -0.25) is 4.79 Å². The Kier molecular flexibility index (Phi) is 5.61. The lowest BCUT2D eigenvalue weighted by molar-refractivity contribution is 0.0941. The Balaban J connectivity index is 1.90. The van der Waals surface area contributed by atoms with Crippen LogP contribution in [-0.4, -0.2) is 15.9 Å². The van der Waals surface area contributed by atoms with Crippen molar-refractivity contribution in [3.63, 3.8) is 0 Å². The Labute approximate surface area is 167 Å². The Morgan fingerprint density at radius 3 is 2.31 bits per heavy atom. The summed E-state index contributed by atoms with van der Waals surface area (Å²) < 4.78 is -1.74. The van der Waals surface area contributed by atoms with Gasteiger partial charge in [0.15, 0.2) is 0 Å². The van der Waals surface area contributed by atoms with Crippen LogP contribution in [0.1, 0.15) is 15.9 Å². The molecule has 1 unspecified atom stereocenters. The number of fused-ring (bicyclic) bond motifs is 1. The maximum absolute atomic E-state index is 12.6. The average Bonchev–Trinajstić information content (AvgIpc) is 2.61. The smallest absolute Gasteiger partial charge is 0.253 e. The van der Waals surface area contributed by atoms with E-state index in [0.29, 0.717) is 5.56 Å². The van der Waals surface area contributed by atoms with Gasteiger partial charge in [-0.05, 0) is 30.0 Å². The van der Waals surface area contributed by atoms with Crippen LogP contribution in [0.3, 0.4) is 0 Å². The molecule has 0 saturated heterocycles. The van der Waals surface area contributed by atoms with Crippen LogP contribution in [0.5, 0.6) is 0 Å². The zero-order chi connectivity index (χ0) is 18.7. The normalized spacial score (nSPS) is 12.6. The lowest BCUT2D eigenvalue weighted by Gasteiger charge is -2.28. The van der Waals surface area contributed by atoms with Gasteiger partial charge in [0.1, 0.15) is 6.17 Å². The van der Waals surface area contributed by atoms with Gasteiger partial charge in [0.2, 0.25) is 3.79 Å². The Morgan fingerprint density at radius 1 is 0.923 bits per heavy atom. The van der Waals surface area contributed by atoms with E-state index in [0.717, 1.165) is 22.0 Å². The molecule has 26 heavy (non-hydrogen) atoms. The van der Waals surface area contributed by atoms with E-state index in [1.807, 2.05) is 61.5 Å². The van der Waals surface area contributed by atoms with Crippen LogP contribution in [0.15, 0.2) is 66.7 Å². The molecular formula is C20H17Cl3N2O. The van der Waals surface area contributed by atoms with Crippen LogP contribution in [-0.2, 0) is 0 Å². The number of hydrogen-bond donors (Lipinski definition) is 2. The van der Waals surface area contributed by atoms with Gasteiger partial charge in [-0.25, -0.2) is 0 Å². The molecule has 3 aromatic carbocycles. The zero-order valence-corrected chi connectivity index (χ0v) is 16.2. The molecule has 3 nitrogen and oxygen atoms in total. The van der Waals surface area contributed by atoms with Crippen molar-refractivity contribution in [2.45, 2.75) is 16.9 Å². The largest absolute Gasteiger partial charge is 0.361 e. The predicted octanol–water partition coefficient (Wildman–Crippen LogP) is 5.69. The summed E-state index contributed by atoms with van der Waals surface area (Å²) in [6.45, 7) is 1.86. The van der Waals surface area contributed by atoms with E-state index >= 15 is 0 Å². The second-order valence-corrected chi connectivity index (χ2v) is 8.30. The molecule has 0 fully saturated rings. The third-order valence-corrected chi connectivity index (χ3v) is 4.74. The maximum Gasteiger partial charge on any atom is 0.253 e. The van der Waals surface area contributed by atoms with E-state index in [1.54, 1.807) is 12.1 Å². The molecule has 0 radical (unpaired) electrons. The minimum atomic E-state index is -1.74. The second-order valence-electron chi connectivity index (χ2n) is 5.93. The number of carbonyl (C=O) groups excluding carboxylic acids is 1. The van der Waals surface area contributed by atoms with Gasteiger partial charge in [0.25, 0.3) is 5.91 Å². The number of carbonyl (C=O) groups is 1. The highest BCUT2D eigenvalue weighted by molar-refractivity contribution is 6.68. The fourth-order valence-corrected chi connectivity index (χ4v) is 3.07. The minimum Gasteiger partial charge on any atom is -0.361 e. The molecule has 0 aromatic heterocycles. The Morgan fingerprint density at radius 2 is 1.58 bits per heavy atom. The van der Waals surface area contributed by atoms with E-state index < -0.39 is 9.96 Å². The summed E-state index contributed by atoms with van der Waals surface area (Å²) >= 11 is 18.4. The van der Waals surface area contributed by atoms with Crippen molar-refractivity contribution in [3.05, 3.63) is 77.9 Å². The van der Waals surface area contributed by atoms with Crippen LogP contribution in [0, 0.1) is 6.92 Å². The summed E-state index contributed by atoms with van der Waals surface area (Å²) in [5, 5.41) is 7.95. The molecule has 3 rings (SSSR count). The third-order valence-electron chi connectivity index (χ3n) is 4.08.